The Morgan fingerprint density at radius 3 is 2.23 bits per heavy atom. The number of hydrogen-bond acceptors (Lipinski definition) is 2. The Morgan fingerprint density at radius 2 is 1.64 bits per heavy atom. The van der Waals surface area contributed by atoms with Gasteiger partial charge in [0.2, 0.25) is 0 Å². The van der Waals surface area contributed by atoms with E-state index in [9.17, 15) is 0 Å². The van der Waals surface area contributed by atoms with E-state index >= 15 is 0 Å². The molecule has 2 rings (SSSR count). The molecule has 2 heteroatoms. The van der Waals surface area contributed by atoms with Crippen LogP contribution in [0.3, 0.4) is 0 Å². The van der Waals surface area contributed by atoms with Crippen molar-refractivity contribution in [3.05, 3.63) is 48.0 Å². The molecule has 0 radical (unpaired) electrons. The van der Waals surface area contributed by atoms with Crippen molar-refractivity contribution in [2.45, 2.75) is 46.0 Å². The third-order valence-electron chi connectivity index (χ3n) is 3.93. The summed E-state index contributed by atoms with van der Waals surface area (Å²) in [5, 5.41) is 0. The van der Waals surface area contributed by atoms with E-state index in [0.29, 0.717) is 11.6 Å². The molecule has 0 fully saturated rings. The average Bonchev–Trinajstić information content (AvgIpc) is 2.53. The molecule has 2 aromatic carbocycles. The van der Waals surface area contributed by atoms with Crippen LogP contribution in [0, 0.1) is 0 Å². The van der Waals surface area contributed by atoms with Gasteiger partial charge >= 0.3 is 0 Å². The highest BCUT2D eigenvalue weighted by Crippen LogP contribution is 2.29. The molecule has 0 heterocycles. The van der Waals surface area contributed by atoms with Crippen LogP contribution in [0.2, 0.25) is 0 Å². The molecule has 0 bridgehead atoms. The Kier molecular flexibility index (Phi) is 5.88. The van der Waals surface area contributed by atoms with Crippen molar-refractivity contribution in [2.24, 2.45) is 0 Å². The minimum atomic E-state index is 0.554. The first-order valence-electron chi connectivity index (χ1n) is 8.24. The molecular weight excluding hydrogens is 270 g/mol. The SMILES string of the molecule is CCCCCOc1ccc(-c2ccc(C(C)C)cc2)cc1N. The predicted molar refractivity (Wildman–Crippen MR) is 95.4 cm³/mol. The van der Waals surface area contributed by atoms with E-state index in [1.54, 1.807) is 0 Å². The molecule has 22 heavy (non-hydrogen) atoms. The number of rotatable bonds is 7. The second kappa shape index (κ2) is 7.88. The summed E-state index contributed by atoms with van der Waals surface area (Å²) < 4.78 is 5.76. The maximum absolute atomic E-state index is 6.13. The topological polar surface area (TPSA) is 35.2 Å². The van der Waals surface area contributed by atoms with Crippen LogP contribution >= 0.6 is 0 Å². The van der Waals surface area contributed by atoms with E-state index in [2.05, 4.69) is 51.1 Å². The Labute approximate surface area is 134 Å². The van der Waals surface area contributed by atoms with Gasteiger partial charge in [0.25, 0.3) is 0 Å². The van der Waals surface area contributed by atoms with Crippen LogP contribution in [0.1, 0.15) is 51.5 Å². The first kappa shape index (κ1) is 16.4. The first-order chi connectivity index (χ1) is 10.6. The van der Waals surface area contributed by atoms with Crippen molar-refractivity contribution in [1.29, 1.82) is 0 Å². The van der Waals surface area contributed by atoms with Gasteiger partial charge in [0, 0.05) is 0 Å². The summed E-state index contributed by atoms with van der Waals surface area (Å²) in [5.74, 6) is 1.34. The van der Waals surface area contributed by atoms with Crippen LogP contribution in [0.25, 0.3) is 11.1 Å². The van der Waals surface area contributed by atoms with Crippen molar-refractivity contribution in [3.63, 3.8) is 0 Å². The quantitative estimate of drug-likeness (QED) is 0.531. The van der Waals surface area contributed by atoms with E-state index in [0.717, 1.165) is 24.3 Å². The van der Waals surface area contributed by atoms with E-state index in [1.807, 2.05) is 12.1 Å². The van der Waals surface area contributed by atoms with Crippen LogP contribution < -0.4 is 10.5 Å². The van der Waals surface area contributed by atoms with Gasteiger partial charge in [-0.2, -0.15) is 0 Å². The fraction of sp³-hybridized carbons (Fsp3) is 0.400. The van der Waals surface area contributed by atoms with Crippen molar-refractivity contribution in [3.8, 4) is 16.9 Å². The number of nitrogens with two attached hydrogens (primary N) is 1. The molecule has 118 valence electrons. The summed E-state index contributed by atoms with van der Waals surface area (Å²) in [6.07, 6.45) is 3.47. The second-order valence-electron chi connectivity index (χ2n) is 6.08. The zero-order valence-corrected chi connectivity index (χ0v) is 13.9. The van der Waals surface area contributed by atoms with Gasteiger partial charge in [0.1, 0.15) is 5.75 Å². The summed E-state index contributed by atoms with van der Waals surface area (Å²) in [7, 11) is 0. The molecule has 0 aromatic heterocycles. The molecule has 0 aliphatic carbocycles. The van der Waals surface area contributed by atoms with Gasteiger partial charge < -0.3 is 10.5 Å². The van der Waals surface area contributed by atoms with Crippen LogP contribution in [-0.4, -0.2) is 6.61 Å². The van der Waals surface area contributed by atoms with E-state index in [1.165, 1.54) is 24.0 Å². The molecule has 2 N–H and O–H groups in total. The van der Waals surface area contributed by atoms with Crippen molar-refractivity contribution in [1.82, 2.24) is 0 Å². The Balaban J connectivity index is 2.08. The zero-order chi connectivity index (χ0) is 15.9. The van der Waals surface area contributed by atoms with Gasteiger partial charge in [-0.15, -0.1) is 0 Å². The van der Waals surface area contributed by atoms with E-state index in [-0.39, 0.29) is 0 Å². The Bertz CT molecular complexity index is 587. The van der Waals surface area contributed by atoms with Crippen LogP contribution in [0.4, 0.5) is 5.69 Å². The summed E-state index contributed by atoms with van der Waals surface area (Å²) in [4.78, 5) is 0. The fourth-order valence-electron chi connectivity index (χ4n) is 2.45. The Morgan fingerprint density at radius 1 is 0.955 bits per heavy atom. The molecule has 0 amide bonds. The van der Waals surface area contributed by atoms with Gasteiger partial charge in [0.05, 0.1) is 12.3 Å². The van der Waals surface area contributed by atoms with Gasteiger partial charge in [-0.05, 0) is 41.2 Å². The molecule has 0 saturated carbocycles. The highest BCUT2D eigenvalue weighted by molar-refractivity contribution is 5.70. The molecular formula is C20H27NO. The lowest BCUT2D eigenvalue weighted by Gasteiger charge is -2.11. The normalized spacial score (nSPS) is 10.9. The lowest BCUT2D eigenvalue weighted by atomic mass is 9.98. The standard InChI is InChI=1S/C20H27NO/c1-4-5-6-13-22-20-12-11-18(14-19(20)21)17-9-7-16(8-10-17)15(2)3/h7-12,14-15H,4-6,13,21H2,1-3H3. The maximum Gasteiger partial charge on any atom is 0.142 e. The summed E-state index contributed by atoms with van der Waals surface area (Å²) in [6, 6.07) is 14.7. The molecule has 0 atom stereocenters. The van der Waals surface area contributed by atoms with E-state index in [4.69, 9.17) is 10.5 Å². The van der Waals surface area contributed by atoms with Gasteiger partial charge in [-0.25, -0.2) is 0 Å². The van der Waals surface area contributed by atoms with Crippen molar-refractivity contribution in [2.75, 3.05) is 12.3 Å². The number of hydrogen-bond donors (Lipinski definition) is 1. The molecule has 0 aliphatic heterocycles. The molecule has 0 aliphatic rings. The summed E-state index contributed by atoms with van der Waals surface area (Å²) in [5.41, 5.74) is 10.5. The number of benzene rings is 2. The van der Waals surface area contributed by atoms with Crippen LogP contribution in [-0.2, 0) is 0 Å². The highest BCUT2D eigenvalue weighted by Gasteiger charge is 2.05. The molecule has 0 unspecified atom stereocenters. The third kappa shape index (κ3) is 4.27. The summed E-state index contributed by atoms with van der Waals surface area (Å²) in [6.45, 7) is 7.34. The number of anilines is 1. The molecule has 2 nitrogen and oxygen atoms in total. The largest absolute Gasteiger partial charge is 0.491 e. The average molecular weight is 297 g/mol. The number of ether oxygens (including phenoxy) is 1. The van der Waals surface area contributed by atoms with Crippen LogP contribution in [0.15, 0.2) is 42.5 Å². The lowest BCUT2D eigenvalue weighted by Crippen LogP contribution is -2.00. The molecule has 0 spiro atoms. The molecule has 2 aromatic rings. The minimum absolute atomic E-state index is 0.554. The highest BCUT2D eigenvalue weighted by atomic mass is 16.5. The monoisotopic (exact) mass is 297 g/mol. The minimum Gasteiger partial charge on any atom is -0.491 e. The van der Waals surface area contributed by atoms with Gasteiger partial charge in [-0.1, -0.05) is 63.9 Å². The van der Waals surface area contributed by atoms with Gasteiger partial charge in [0.15, 0.2) is 0 Å². The predicted octanol–water partition coefficient (Wildman–Crippen LogP) is 5.63. The zero-order valence-electron chi connectivity index (χ0n) is 13.9. The fourth-order valence-corrected chi connectivity index (χ4v) is 2.45. The Hall–Kier alpha value is -1.96. The van der Waals surface area contributed by atoms with E-state index < -0.39 is 0 Å². The summed E-state index contributed by atoms with van der Waals surface area (Å²) >= 11 is 0. The first-order valence-corrected chi connectivity index (χ1v) is 8.24. The number of nitrogen functional groups attached to an aromatic ring is 1. The smallest absolute Gasteiger partial charge is 0.142 e. The van der Waals surface area contributed by atoms with Crippen molar-refractivity contribution < 1.29 is 4.74 Å². The molecule has 0 saturated heterocycles. The second-order valence-corrected chi connectivity index (χ2v) is 6.08. The van der Waals surface area contributed by atoms with Crippen molar-refractivity contribution >= 4 is 5.69 Å². The third-order valence-corrected chi connectivity index (χ3v) is 3.93. The van der Waals surface area contributed by atoms with Gasteiger partial charge in [-0.3, -0.25) is 0 Å². The van der Waals surface area contributed by atoms with Crippen LogP contribution in [0.5, 0.6) is 5.75 Å². The maximum atomic E-state index is 6.13. The number of unbranched alkanes of at least 4 members (excludes halogenated alkanes) is 2. The lowest BCUT2D eigenvalue weighted by molar-refractivity contribution is 0.308.